The Morgan fingerprint density at radius 1 is 1.07 bits per heavy atom. The van der Waals surface area contributed by atoms with Crippen LogP contribution in [0.1, 0.15) is 23.0 Å². The maximum absolute atomic E-state index is 13.3. The molecule has 2 atom stereocenters. The van der Waals surface area contributed by atoms with Gasteiger partial charge in [0.2, 0.25) is 10.6 Å². The van der Waals surface area contributed by atoms with Crippen LogP contribution >= 0.6 is 12.2 Å². The van der Waals surface area contributed by atoms with E-state index in [2.05, 4.69) is 26.7 Å². The first kappa shape index (κ1) is 20.5. The molecule has 3 aromatic rings. The van der Waals surface area contributed by atoms with Crippen LogP contribution in [0, 0.1) is 27.4 Å². The molecule has 0 bridgehead atoms. The van der Waals surface area contributed by atoms with Gasteiger partial charge in [0.25, 0.3) is 5.95 Å². The Kier molecular flexibility index (Phi) is 6.33. The van der Waals surface area contributed by atoms with E-state index in [-0.39, 0.29) is 16.4 Å². The fourth-order valence-corrected chi connectivity index (χ4v) is 2.98. The largest absolute Gasteiger partial charge is 0.321 e. The molecule has 0 radical (unpaired) electrons. The van der Waals surface area contributed by atoms with Crippen molar-refractivity contribution in [3.05, 3.63) is 76.6 Å². The number of hydrogen-bond acceptors (Lipinski definition) is 8. The molecule has 1 aromatic heterocycles. The summed E-state index contributed by atoms with van der Waals surface area (Å²) in [5.41, 5.74) is 3.48. The number of nitrogens with one attached hydrogen (secondary N) is 2. The van der Waals surface area contributed by atoms with Gasteiger partial charge in [-0.2, -0.15) is 25.4 Å². The zero-order valence-electron chi connectivity index (χ0n) is 15.6. The maximum atomic E-state index is 13.3. The van der Waals surface area contributed by atoms with Crippen molar-refractivity contribution in [2.45, 2.75) is 11.8 Å². The maximum Gasteiger partial charge on any atom is 0.261 e. The zero-order chi connectivity index (χ0) is 21.5. The number of carbonyl (C=O) groups is 1. The average molecular weight is 416 g/mol. The molecular formula is C20H16N8OS. The fourth-order valence-electron chi connectivity index (χ4n) is 2.80. The highest BCUT2D eigenvalue weighted by molar-refractivity contribution is 7.71. The molecule has 9 nitrogen and oxygen atoms in total. The Labute approximate surface area is 177 Å². The van der Waals surface area contributed by atoms with Gasteiger partial charge in [0.1, 0.15) is 17.5 Å². The number of H-pyrrole nitrogens is 1. The monoisotopic (exact) mass is 416 g/mol. The molecule has 0 saturated heterocycles. The topological polar surface area (TPSA) is 149 Å². The normalized spacial score (nSPS) is 12.9. The van der Waals surface area contributed by atoms with Crippen LogP contribution in [-0.4, -0.2) is 26.4 Å². The van der Waals surface area contributed by atoms with Crippen molar-refractivity contribution in [3.63, 3.8) is 0 Å². The minimum atomic E-state index is -1.13. The van der Waals surface area contributed by atoms with Crippen molar-refractivity contribution in [1.29, 1.82) is 10.5 Å². The molecule has 3 rings (SSSR count). The Balaban J connectivity index is 2.06. The van der Waals surface area contributed by atoms with Gasteiger partial charge < -0.3 is 5.84 Å². The highest BCUT2D eigenvalue weighted by Crippen LogP contribution is 2.24. The van der Waals surface area contributed by atoms with Crippen molar-refractivity contribution in [2.24, 2.45) is 5.10 Å². The summed E-state index contributed by atoms with van der Waals surface area (Å²) in [5.74, 6) is 2.99. The Hall–Kier alpha value is -4.28. The predicted molar refractivity (Wildman–Crippen MR) is 113 cm³/mol. The summed E-state index contributed by atoms with van der Waals surface area (Å²) in [6.07, 6.45) is 0. The van der Waals surface area contributed by atoms with Gasteiger partial charge in [-0.15, -0.1) is 0 Å². The lowest BCUT2D eigenvalue weighted by atomic mass is 9.86. The molecule has 0 unspecified atom stereocenters. The number of nitrogens with two attached hydrogens (primary N) is 1. The van der Waals surface area contributed by atoms with Gasteiger partial charge in [0, 0.05) is 0 Å². The molecule has 1 heterocycles. The van der Waals surface area contributed by atoms with Crippen molar-refractivity contribution in [3.8, 4) is 12.1 Å². The van der Waals surface area contributed by atoms with Gasteiger partial charge in [-0.05, 0) is 23.3 Å². The number of carbonyl (C=O) groups excluding carboxylic acids is 1. The van der Waals surface area contributed by atoms with Crippen molar-refractivity contribution < 1.29 is 4.79 Å². The molecular weight excluding hydrogens is 400 g/mol. The third-order valence-corrected chi connectivity index (χ3v) is 4.42. The quantitative estimate of drug-likeness (QED) is 0.232. The number of aromatic nitrogens is 3. The van der Waals surface area contributed by atoms with E-state index in [0.717, 1.165) is 4.79 Å². The number of Topliss-reactive ketones (excluding diaryl/α,β-unsaturated/α-hetero) is 1. The molecule has 0 aliphatic rings. The first-order chi connectivity index (χ1) is 14.5. The fraction of sp³-hybridized carbons (Fsp3) is 0.100. The molecule has 30 heavy (non-hydrogen) atoms. The van der Waals surface area contributed by atoms with E-state index < -0.39 is 17.6 Å². The summed E-state index contributed by atoms with van der Waals surface area (Å²) in [6, 6.07) is 21.4. The lowest BCUT2D eigenvalue weighted by molar-refractivity contribution is -0.113. The second-order valence-corrected chi connectivity index (χ2v) is 6.53. The standard InChI is InChI=1S/C20H16N8OS/c21-11-15(13-7-3-1-4-8-13)17(25-26-19-24-20(30)27-28(19)23)18(29)16(12-22)14-9-5-2-6-10-14/h1-10,15-16H,23H2,(H2,24,26,27,30)/b25-17+/t15-,16-/m0/s1. The van der Waals surface area contributed by atoms with Gasteiger partial charge in [0.05, 0.1) is 12.1 Å². The first-order valence-corrected chi connectivity index (χ1v) is 9.17. The number of nitriles is 2. The van der Waals surface area contributed by atoms with E-state index >= 15 is 0 Å². The van der Waals surface area contributed by atoms with Gasteiger partial charge in [-0.3, -0.25) is 9.89 Å². The van der Waals surface area contributed by atoms with Gasteiger partial charge in [-0.25, -0.2) is 5.43 Å². The van der Waals surface area contributed by atoms with E-state index in [0.29, 0.717) is 11.1 Å². The van der Waals surface area contributed by atoms with Crippen molar-refractivity contribution >= 4 is 29.7 Å². The molecule has 0 spiro atoms. The Morgan fingerprint density at radius 3 is 2.07 bits per heavy atom. The molecule has 0 aliphatic heterocycles. The minimum Gasteiger partial charge on any atom is -0.321 e. The van der Waals surface area contributed by atoms with Crippen molar-refractivity contribution in [2.75, 3.05) is 11.3 Å². The lowest BCUT2D eigenvalue weighted by Gasteiger charge is -2.15. The number of hydrogen-bond donors (Lipinski definition) is 3. The molecule has 0 saturated carbocycles. The van der Waals surface area contributed by atoms with Crippen LogP contribution < -0.4 is 11.3 Å². The second kappa shape index (κ2) is 9.28. The summed E-state index contributed by atoms with van der Waals surface area (Å²) in [5, 5.41) is 26.2. The van der Waals surface area contributed by atoms with Gasteiger partial charge in [-0.1, -0.05) is 60.7 Å². The van der Waals surface area contributed by atoms with Crippen LogP contribution in [0.25, 0.3) is 0 Å². The summed E-state index contributed by atoms with van der Waals surface area (Å²) in [7, 11) is 0. The number of nitrogen functional groups attached to an aromatic ring is 1. The van der Waals surface area contributed by atoms with Crippen LogP contribution in [0.15, 0.2) is 65.8 Å². The van der Waals surface area contributed by atoms with Crippen LogP contribution in [0.3, 0.4) is 0 Å². The number of ketones is 1. The van der Waals surface area contributed by atoms with E-state index in [1.807, 2.05) is 6.07 Å². The predicted octanol–water partition coefficient (Wildman–Crippen LogP) is 2.61. The molecule has 0 fully saturated rings. The van der Waals surface area contributed by atoms with Crippen molar-refractivity contribution in [1.82, 2.24) is 14.9 Å². The average Bonchev–Trinajstić information content (AvgIpc) is 3.09. The number of anilines is 1. The smallest absolute Gasteiger partial charge is 0.261 e. The number of rotatable bonds is 7. The highest BCUT2D eigenvalue weighted by atomic mass is 32.1. The highest BCUT2D eigenvalue weighted by Gasteiger charge is 2.32. The molecule has 4 N–H and O–H groups in total. The summed E-state index contributed by atoms with van der Waals surface area (Å²) in [4.78, 5) is 18.3. The SMILES string of the molecule is N#C[C@H](C(=O)/C(=N/Nc1nc(=S)[nH]n1N)[C@@H](C#N)c1ccccc1)c1ccccc1. The van der Waals surface area contributed by atoms with E-state index in [4.69, 9.17) is 18.1 Å². The molecule has 0 aliphatic carbocycles. The Morgan fingerprint density at radius 2 is 1.60 bits per heavy atom. The van der Waals surface area contributed by atoms with Crippen LogP contribution in [0.2, 0.25) is 0 Å². The summed E-state index contributed by atoms with van der Waals surface area (Å²) < 4.78 is 0.113. The van der Waals surface area contributed by atoms with E-state index in [1.54, 1.807) is 60.7 Å². The number of benzene rings is 2. The summed E-state index contributed by atoms with van der Waals surface area (Å²) >= 11 is 4.91. The van der Waals surface area contributed by atoms with Gasteiger partial charge >= 0.3 is 0 Å². The number of aromatic amines is 1. The zero-order valence-corrected chi connectivity index (χ0v) is 16.4. The molecule has 148 valence electrons. The van der Waals surface area contributed by atoms with Crippen LogP contribution in [-0.2, 0) is 4.79 Å². The second-order valence-electron chi connectivity index (χ2n) is 6.14. The molecule has 0 amide bonds. The lowest BCUT2D eigenvalue weighted by Crippen LogP contribution is -2.28. The third-order valence-electron chi connectivity index (χ3n) is 4.24. The first-order valence-electron chi connectivity index (χ1n) is 8.76. The van der Waals surface area contributed by atoms with E-state index in [1.165, 1.54) is 0 Å². The number of nitrogens with zero attached hydrogens (tertiary/aromatic N) is 5. The minimum absolute atomic E-state index is 0.0447. The van der Waals surface area contributed by atoms with Gasteiger partial charge in [0.15, 0.2) is 0 Å². The van der Waals surface area contributed by atoms with E-state index in [9.17, 15) is 15.3 Å². The third kappa shape index (κ3) is 4.41. The van der Waals surface area contributed by atoms with Crippen LogP contribution in [0.5, 0.6) is 0 Å². The van der Waals surface area contributed by atoms with Crippen LogP contribution in [0.4, 0.5) is 5.95 Å². The molecule has 10 heteroatoms. The molecule has 2 aromatic carbocycles. The summed E-state index contributed by atoms with van der Waals surface area (Å²) in [6.45, 7) is 0. The Bertz CT molecular complexity index is 1200. The number of hydrazone groups is 1.